The van der Waals surface area contributed by atoms with Gasteiger partial charge in [-0.05, 0) is 0 Å². The Morgan fingerprint density at radius 3 is 2.83 bits per heavy atom. The third-order valence-corrected chi connectivity index (χ3v) is 0.803. The molecule has 0 bridgehead atoms. The fraction of sp³-hybridized carbons (Fsp3) is 0. The summed E-state index contributed by atoms with van der Waals surface area (Å²) in [4.78, 5) is 0. The standard InChI is InChI=1S/C2HIN2O/c3-2-5-4-1-6-2/h1H. The van der Waals surface area contributed by atoms with Crippen LogP contribution in [0.3, 0.4) is 0 Å². The smallest absolute Gasteiger partial charge is 0.277 e. The first kappa shape index (κ1) is 4.04. The van der Waals surface area contributed by atoms with E-state index in [1.54, 1.807) is 0 Å². The summed E-state index contributed by atoms with van der Waals surface area (Å²) in [7, 11) is 0. The van der Waals surface area contributed by atoms with E-state index in [2.05, 4.69) is 14.6 Å². The van der Waals surface area contributed by atoms with Gasteiger partial charge in [0.15, 0.2) is 0 Å². The Morgan fingerprint density at radius 1 is 1.83 bits per heavy atom. The molecule has 1 aromatic heterocycles. The van der Waals surface area contributed by atoms with E-state index >= 15 is 0 Å². The summed E-state index contributed by atoms with van der Waals surface area (Å²) in [5.74, 6) is 0. The van der Waals surface area contributed by atoms with E-state index < -0.39 is 0 Å². The Bertz CT molecular complexity index is 115. The number of halogens is 1. The summed E-state index contributed by atoms with van der Waals surface area (Å²) in [5, 5.41) is 6.88. The summed E-state index contributed by atoms with van der Waals surface area (Å²) >= 11 is 1.93. The molecule has 0 unspecified atom stereocenters. The van der Waals surface area contributed by atoms with Gasteiger partial charge >= 0.3 is 0 Å². The lowest BCUT2D eigenvalue weighted by molar-refractivity contribution is 0.522. The van der Waals surface area contributed by atoms with Crippen LogP contribution in [0.15, 0.2) is 10.8 Å². The predicted octanol–water partition coefficient (Wildman–Crippen LogP) is 0.674. The van der Waals surface area contributed by atoms with Gasteiger partial charge in [-0.25, -0.2) is 0 Å². The van der Waals surface area contributed by atoms with Gasteiger partial charge in [-0.3, -0.25) is 0 Å². The minimum atomic E-state index is 0.576. The van der Waals surface area contributed by atoms with Gasteiger partial charge in [0, 0.05) is 22.6 Å². The average molecular weight is 196 g/mol. The van der Waals surface area contributed by atoms with Crippen LogP contribution in [0.1, 0.15) is 0 Å². The Balaban J connectivity index is 3.05. The molecule has 0 radical (unpaired) electrons. The van der Waals surface area contributed by atoms with Crippen molar-refractivity contribution in [2.24, 2.45) is 0 Å². The average Bonchev–Trinajstić information content (AvgIpc) is 1.86. The summed E-state index contributed by atoms with van der Waals surface area (Å²) in [5.41, 5.74) is 0. The van der Waals surface area contributed by atoms with Gasteiger partial charge in [-0.1, -0.05) is 0 Å². The van der Waals surface area contributed by atoms with Crippen LogP contribution in [0.2, 0.25) is 0 Å². The highest BCUT2D eigenvalue weighted by molar-refractivity contribution is 14.1. The lowest BCUT2D eigenvalue weighted by Gasteiger charge is -1.60. The van der Waals surface area contributed by atoms with Crippen molar-refractivity contribution in [2.75, 3.05) is 0 Å². The molecule has 0 aliphatic heterocycles. The van der Waals surface area contributed by atoms with Gasteiger partial charge < -0.3 is 4.42 Å². The zero-order chi connectivity index (χ0) is 4.41. The molecule has 0 saturated heterocycles. The van der Waals surface area contributed by atoms with Crippen LogP contribution in [0.5, 0.6) is 0 Å². The molecule has 0 spiro atoms. The summed E-state index contributed by atoms with van der Waals surface area (Å²) in [6.07, 6.45) is 1.29. The Labute approximate surface area is 47.9 Å². The highest BCUT2D eigenvalue weighted by atomic mass is 127. The van der Waals surface area contributed by atoms with Crippen LogP contribution in [0.4, 0.5) is 0 Å². The lowest BCUT2D eigenvalue weighted by atomic mass is 11.5. The zero-order valence-electron chi connectivity index (χ0n) is 2.76. The largest absolute Gasteiger partial charge is 0.419 e. The van der Waals surface area contributed by atoms with Crippen LogP contribution >= 0.6 is 22.6 Å². The SMILES string of the molecule is Ic1nnco1. The molecule has 1 heterocycles. The fourth-order valence-corrected chi connectivity index (χ4v) is 0.398. The topological polar surface area (TPSA) is 38.9 Å². The second kappa shape index (κ2) is 1.55. The van der Waals surface area contributed by atoms with E-state index in [-0.39, 0.29) is 0 Å². The molecule has 0 N–H and O–H groups in total. The minimum Gasteiger partial charge on any atom is -0.419 e. The number of hydrogen-bond donors (Lipinski definition) is 0. The van der Waals surface area contributed by atoms with E-state index in [9.17, 15) is 0 Å². The molecule has 0 fully saturated rings. The van der Waals surface area contributed by atoms with Gasteiger partial charge in [0.05, 0.1) is 0 Å². The molecular formula is C2HIN2O. The Hall–Kier alpha value is -0.130. The first-order valence-corrected chi connectivity index (χ1v) is 2.39. The molecule has 4 heteroatoms. The molecule has 32 valence electrons. The van der Waals surface area contributed by atoms with Crippen LogP contribution in [0.25, 0.3) is 0 Å². The van der Waals surface area contributed by atoms with E-state index in [0.29, 0.717) is 3.90 Å². The summed E-state index contributed by atoms with van der Waals surface area (Å²) < 4.78 is 5.17. The Morgan fingerprint density at radius 2 is 2.67 bits per heavy atom. The fourth-order valence-electron chi connectivity index (χ4n) is 0.160. The lowest BCUT2D eigenvalue weighted by Crippen LogP contribution is -1.63. The first-order chi connectivity index (χ1) is 2.89. The minimum absolute atomic E-state index is 0.576. The van der Waals surface area contributed by atoms with Gasteiger partial charge in [-0.15, -0.1) is 10.2 Å². The van der Waals surface area contributed by atoms with E-state index in [1.165, 1.54) is 6.39 Å². The van der Waals surface area contributed by atoms with E-state index in [4.69, 9.17) is 0 Å². The Kier molecular flexibility index (Phi) is 1.04. The maximum absolute atomic E-state index is 4.60. The van der Waals surface area contributed by atoms with Crippen LogP contribution < -0.4 is 0 Å². The van der Waals surface area contributed by atoms with Crippen molar-refractivity contribution in [1.29, 1.82) is 0 Å². The molecule has 1 aromatic rings. The maximum atomic E-state index is 4.60. The van der Waals surface area contributed by atoms with Gasteiger partial charge in [0.2, 0.25) is 6.39 Å². The second-order valence-electron chi connectivity index (χ2n) is 0.692. The number of aromatic nitrogens is 2. The van der Waals surface area contributed by atoms with Crippen LogP contribution in [0, 0.1) is 3.90 Å². The molecule has 0 saturated carbocycles. The summed E-state index contributed by atoms with van der Waals surface area (Å²) in [6, 6.07) is 0. The van der Waals surface area contributed by atoms with Crippen LogP contribution in [-0.2, 0) is 0 Å². The van der Waals surface area contributed by atoms with Gasteiger partial charge in [0.25, 0.3) is 3.90 Å². The number of nitrogens with zero attached hydrogens (tertiary/aromatic N) is 2. The van der Waals surface area contributed by atoms with Crippen molar-refractivity contribution < 1.29 is 4.42 Å². The normalized spacial score (nSPS) is 8.83. The maximum Gasteiger partial charge on any atom is 0.277 e. The third kappa shape index (κ3) is 0.675. The van der Waals surface area contributed by atoms with Crippen molar-refractivity contribution in [2.45, 2.75) is 0 Å². The molecule has 1 rings (SSSR count). The monoisotopic (exact) mass is 196 g/mol. The van der Waals surface area contributed by atoms with E-state index in [0.717, 1.165) is 0 Å². The third-order valence-electron chi connectivity index (χ3n) is 0.333. The molecule has 0 atom stereocenters. The molecule has 3 nitrogen and oxygen atoms in total. The predicted molar refractivity (Wildman–Crippen MR) is 27.0 cm³/mol. The van der Waals surface area contributed by atoms with Gasteiger partial charge in [-0.2, -0.15) is 0 Å². The van der Waals surface area contributed by atoms with Crippen molar-refractivity contribution in [1.82, 2.24) is 10.2 Å². The summed E-state index contributed by atoms with van der Waals surface area (Å²) in [6.45, 7) is 0. The van der Waals surface area contributed by atoms with Crippen molar-refractivity contribution in [3.63, 3.8) is 0 Å². The highest BCUT2D eigenvalue weighted by Gasteiger charge is 1.82. The van der Waals surface area contributed by atoms with Crippen molar-refractivity contribution in [3.05, 3.63) is 10.3 Å². The molecule has 0 amide bonds. The zero-order valence-corrected chi connectivity index (χ0v) is 4.92. The molecule has 0 aliphatic rings. The number of rotatable bonds is 0. The van der Waals surface area contributed by atoms with Crippen molar-refractivity contribution >= 4 is 22.6 Å². The number of hydrogen-bond acceptors (Lipinski definition) is 3. The second-order valence-corrected chi connectivity index (χ2v) is 1.61. The first-order valence-electron chi connectivity index (χ1n) is 1.31. The molecular weight excluding hydrogens is 195 g/mol. The van der Waals surface area contributed by atoms with Crippen molar-refractivity contribution in [3.8, 4) is 0 Å². The highest BCUT2D eigenvalue weighted by Crippen LogP contribution is 1.93. The molecule has 6 heavy (non-hydrogen) atoms. The molecule has 0 aromatic carbocycles. The quantitative estimate of drug-likeness (QED) is 0.572. The van der Waals surface area contributed by atoms with Crippen LogP contribution in [-0.4, -0.2) is 10.2 Å². The molecule has 0 aliphatic carbocycles. The van der Waals surface area contributed by atoms with E-state index in [1.807, 2.05) is 22.6 Å². The van der Waals surface area contributed by atoms with Gasteiger partial charge in [0.1, 0.15) is 0 Å².